The Morgan fingerprint density at radius 1 is 1.19 bits per heavy atom. The van der Waals surface area contributed by atoms with Crippen LogP contribution in [0.5, 0.6) is 11.5 Å². The normalized spacial score (nSPS) is 31.5. The number of hydrogen-bond donors (Lipinski definition) is 0. The molecule has 1 fully saturated rings. The first-order chi connectivity index (χ1) is 10.3. The highest BCUT2D eigenvalue weighted by molar-refractivity contribution is 6.18. The van der Waals surface area contributed by atoms with E-state index in [0.29, 0.717) is 12.4 Å². The molecule has 3 heterocycles. The van der Waals surface area contributed by atoms with Gasteiger partial charge in [-0.3, -0.25) is 5.01 Å². The molecule has 6 nitrogen and oxygen atoms in total. The van der Waals surface area contributed by atoms with Gasteiger partial charge in [0.1, 0.15) is 35.8 Å². The quantitative estimate of drug-likeness (QED) is 0.802. The Morgan fingerprint density at radius 3 is 2.48 bits per heavy atom. The third-order valence-corrected chi connectivity index (χ3v) is 4.61. The summed E-state index contributed by atoms with van der Waals surface area (Å²) in [7, 11) is 3.34. The summed E-state index contributed by atoms with van der Waals surface area (Å²) in [5, 5.41) is 10.6. The van der Waals surface area contributed by atoms with Crippen LogP contribution >= 0.6 is 11.6 Å². The molecule has 0 N–H and O–H groups in total. The molecule has 0 aromatic heterocycles. The van der Waals surface area contributed by atoms with Crippen LogP contribution in [0.15, 0.2) is 22.5 Å². The minimum atomic E-state index is -0.121. The fraction of sp³-hybridized carbons (Fsp3) is 0.571. The lowest BCUT2D eigenvalue weighted by molar-refractivity contribution is 0.0384. The minimum Gasteiger partial charge on any atom is -0.496 e. The summed E-state index contributed by atoms with van der Waals surface area (Å²) < 4.78 is 17.2. The van der Waals surface area contributed by atoms with Gasteiger partial charge < -0.3 is 14.2 Å². The lowest BCUT2D eigenvalue weighted by Crippen LogP contribution is -2.39. The molecule has 1 aromatic carbocycles. The lowest BCUT2D eigenvalue weighted by atomic mass is 9.83. The van der Waals surface area contributed by atoms with Crippen molar-refractivity contribution < 1.29 is 14.2 Å². The standard InChI is InChI=1S/C14H16ClN3O3/c1-19-7-3-4-8(20-2)10-9(7)13-11-12(14(10)21-13)18(6-5-15)17-16-11/h3-4,11-14H,5-6H2,1-2H3. The van der Waals surface area contributed by atoms with Crippen molar-refractivity contribution in [3.63, 3.8) is 0 Å². The highest BCUT2D eigenvalue weighted by Gasteiger charge is 2.59. The Kier molecular flexibility index (Phi) is 2.97. The van der Waals surface area contributed by atoms with Gasteiger partial charge in [0.25, 0.3) is 0 Å². The Labute approximate surface area is 127 Å². The molecular formula is C14H16ClN3O3. The van der Waals surface area contributed by atoms with Gasteiger partial charge in [-0.05, 0) is 12.1 Å². The molecular weight excluding hydrogens is 294 g/mol. The molecule has 1 aromatic rings. The molecule has 0 aliphatic carbocycles. The van der Waals surface area contributed by atoms with Crippen LogP contribution in [0.25, 0.3) is 0 Å². The van der Waals surface area contributed by atoms with Crippen molar-refractivity contribution in [2.45, 2.75) is 24.3 Å². The number of fused-ring (bicyclic) bond motifs is 8. The van der Waals surface area contributed by atoms with E-state index in [0.717, 1.165) is 22.6 Å². The largest absolute Gasteiger partial charge is 0.496 e. The summed E-state index contributed by atoms with van der Waals surface area (Å²) >= 11 is 5.85. The van der Waals surface area contributed by atoms with Crippen LogP contribution < -0.4 is 9.47 Å². The van der Waals surface area contributed by atoms with Crippen LogP contribution in [0.4, 0.5) is 0 Å². The number of methoxy groups -OCH3 is 2. The van der Waals surface area contributed by atoms with E-state index in [1.54, 1.807) is 14.2 Å². The van der Waals surface area contributed by atoms with Gasteiger partial charge in [-0.2, -0.15) is 5.11 Å². The smallest absolute Gasteiger partial charge is 0.128 e. The number of alkyl halides is 1. The molecule has 2 bridgehead atoms. The van der Waals surface area contributed by atoms with Gasteiger partial charge in [-0.25, -0.2) is 0 Å². The van der Waals surface area contributed by atoms with Gasteiger partial charge >= 0.3 is 0 Å². The Balaban J connectivity index is 1.81. The fourth-order valence-corrected chi connectivity index (χ4v) is 3.79. The third kappa shape index (κ3) is 1.63. The molecule has 0 saturated carbocycles. The van der Waals surface area contributed by atoms with Crippen molar-refractivity contribution in [3.05, 3.63) is 23.3 Å². The maximum Gasteiger partial charge on any atom is 0.128 e. The molecule has 3 aliphatic rings. The average Bonchev–Trinajstić information content (AvgIpc) is 3.18. The zero-order valence-corrected chi connectivity index (χ0v) is 12.6. The Hall–Kier alpha value is -1.53. The lowest BCUT2D eigenvalue weighted by Gasteiger charge is -2.29. The SMILES string of the molecule is COc1ccc(OC)c2c1C1OC2C2C1N=NN2CCCl. The van der Waals surface area contributed by atoms with Crippen molar-refractivity contribution in [3.8, 4) is 11.5 Å². The molecule has 4 rings (SSSR count). The summed E-state index contributed by atoms with van der Waals surface area (Å²) in [6, 6.07) is 3.94. The molecule has 1 saturated heterocycles. The number of benzene rings is 1. The van der Waals surface area contributed by atoms with Crippen molar-refractivity contribution in [1.82, 2.24) is 5.01 Å². The number of hydrogen-bond acceptors (Lipinski definition) is 6. The topological polar surface area (TPSA) is 55.6 Å². The van der Waals surface area contributed by atoms with E-state index < -0.39 is 0 Å². The molecule has 7 heteroatoms. The van der Waals surface area contributed by atoms with Gasteiger partial charge in [0.2, 0.25) is 0 Å². The molecule has 21 heavy (non-hydrogen) atoms. The molecule has 0 radical (unpaired) electrons. The van der Waals surface area contributed by atoms with Crippen molar-refractivity contribution >= 4 is 11.6 Å². The zero-order valence-electron chi connectivity index (χ0n) is 11.8. The van der Waals surface area contributed by atoms with Crippen molar-refractivity contribution in [2.24, 2.45) is 10.3 Å². The first-order valence-corrected chi connectivity index (χ1v) is 7.47. The molecule has 4 atom stereocenters. The van der Waals surface area contributed by atoms with Crippen LogP contribution in [0.2, 0.25) is 0 Å². The Bertz CT molecular complexity index is 609. The highest BCUT2D eigenvalue weighted by Crippen LogP contribution is 2.60. The van der Waals surface area contributed by atoms with E-state index in [9.17, 15) is 0 Å². The number of ether oxygens (including phenoxy) is 3. The summed E-state index contributed by atoms with van der Waals surface area (Å²) in [6.07, 6.45) is -0.220. The maximum absolute atomic E-state index is 6.17. The fourth-order valence-electron chi connectivity index (χ4n) is 3.62. The molecule has 0 spiro atoms. The van der Waals surface area contributed by atoms with Crippen LogP contribution in [0.1, 0.15) is 23.3 Å². The average molecular weight is 310 g/mol. The summed E-state index contributed by atoms with van der Waals surface area (Å²) in [5.41, 5.74) is 2.12. The van der Waals surface area contributed by atoms with Gasteiger partial charge in [-0.1, -0.05) is 5.22 Å². The zero-order chi connectivity index (χ0) is 14.6. The molecule has 4 unspecified atom stereocenters. The van der Waals surface area contributed by atoms with Crippen molar-refractivity contribution in [1.29, 1.82) is 0 Å². The monoisotopic (exact) mass is 309 g/mol. The number of nitrogens with zero attached hydrogens (tertiary/aromatic N) is 3. The third-order valence-electron chi connectivity index (χ3n) is 4.44. The first-order valence-electron chi connectivity index (χ1n) is 6.93. The van der Waals surface area contributed by atoms with Crippen LogP contribution in [0.3, 0.4) is 0 Å². The van der Waals surface area contributed by atoms with Crippen molar-refractivity contribution in [2.75, 3.05) is 26.6 Å². The van der Waals surface area contributed by atoms with E-state index in [2.05, 4.69) is 10.3 Å². The van der Waals surface area contributed by atoms with E-state index >= 15 is 0 Å². The maximum atomic E-state index is 6.17. The number of halogens is 1. The van der Waals surface area contributed by atoms with Crippen LogP contribution in [0, 0.1) is 0 Å². The second-order valence-corrected chi connectivity index (χ2v) is 5.69. The van der Waals surface area contributed by atoms with E-state index in [-0.39, 0.29) is 24.3 Å². The van der Waals surface area contributed by atoms with Gasteiger partial charge in [0.05, 0.1) is 20.8 Å². The van der Waals surface area contributed by atoms with Crippen LogP contribution in [-0.4, -0.2) is 43.7 Å². The molecule has 112 valence electrons. The molecule has 0 amide bonds. The van der Waals surface area contributed by atoms with Gasteiger partial charge in [0.15, 0.2) is 0 Å². The minimum absolute atomic E-state index is 0.00622. The van der Waals surface area contributed by atoms with Gasteiger partial charge in [-0.15, -0.1) is 11.6 Å². The van der Waals surface area contributed by atoms with E-state index in [4.69, 9.17) is 25.8 Å². The predicted molar refractivity (Wildman–Crippen MR) is 76.0 cm³/mol. The van der Waals surface area contributed by atoms with Gasteiger partial charge in [0, 0.05) is 17.0 Å². The highest BCUT2D eigenvalue weighted by atomic mass is 35.5. The Morgan fingerprint density at radius 2 is 1.86 bits per heavy atom. The van der Waals surface area contributed by atoms with Crippen LogP contribution in [-0.2, 0) is 4.74 Å². The summed E-state index contributed by atoms with van der Waals surface area (Å²) in [5.74, 6) is 2.17. The first kappa shape index (κ1) is 13.2. The van der Waals surface area contributed by atoms with E-state index in [1.807, 2.05) is 17.1 Å². The molecule has 3 aliphatic heterocycles. The predicted octanol–water partition coefficient (Wildman–Crippen LogP) is 2.49. The second kappa shape index (κ2) is 4.74. The summed E-state index contributed by atoms with van der Waals surface area (Å²) in [4.78, 5) is 0. The summed E-state index contributed by atoms with van der Waals surface area (Å²) in [6.45, 7) is 0.667. The second-order valence-electron chi connectivity index (χ2n) is 5.31. The van der Waals surface area contributed by atoms with E-state index in [1.165, 1.54) is 0 Å². The number of rotatable bonds is 4.